The van der Waals surface area contributed by atoms with Crippen LogP contribution in [0.5, 0.6) is 0 Å². The van der Waals surface area contributed by atoms with Crippen molar-refractivity contribution in [3.8, 4) is 0 Å². The van der Waals surface area contributed by atoms with Gasteiger partial charge in [-0.25, -0.2) is 4.98 Å². The molecule has 6 heteroatoms. The largest absolute Gasteiger partial charge is 0.286 e. The number of halogens is 1. The number of nitrogens with zero attached hydrogens (tertiary/aromatic N) is 2. The number of aryl methyl sites for hydroxylation is 2. The summed E-state index contributed by atoms with van der Waals surface area (Å²) >= 11 is 6.97. The highest BCUT2D eigenvalue weighted by atomic mass is 79.9. The van der Waals surface area contributed by atoms with Gasteiger partial charge in [-0.3, -0.25) is 9.36 Å². The van der Waals surface area contributed by atoms with Crippen LogP contribution in [0.2, 0.25) is 0 Å². The van der Waals surface area contributed by atoms with Crippen molar-refractivity contribution in [3.63, 3.8) is 0 Å². The van der Waals surface area contributed by atoms with Crippen molar-refractivity contribution in [3.05, 3.63) is 20.8 Å². The Kier molecular flexibility index (Phi) is 3.01. The molecule has 3 heterocycles. The maximum absolute atomic E-state index is 12.7. The first-order valence-electron chi connectivity index (χ1n) is 6.55. The molecule has 0 fully saturated rings. The number of aromatic nitrogens is 2. The predicted octanol–water partition coefficient (Wildman–Crippen LogP) is 3.21. The second-order valence-electron chi connectivity index (χ2n) is 5.10. The quantitative estimate of drug-likeness (QED) is 0.581. The van der Waals surface area contributed by atoms with Gasteiger partial charge in [0.25, 0.3) is 5.56 Å². The molecular formula is C13H13BrN2OS2. The highest BCUT2D eigenvalue weighted by Gasteiger charge is 2.28. The normalized spacial score (nSPS) is 21.6. The van der Waals surface area contributed by atoms with Gasteiger partial charge in [0.15, 0.2) is 5.16 Å². The Hall–Kier alpha value is -0.330. The van der Waals surface area contributed by atoms with Crippen molar-refractivity contribution in [1.29, 1.82) is 0 Å². The van der Waals surface area contributed by atoms with Gasteiger partial charge in [-0.2, -0.15) is 0 Å². The van der Waals surface area contributed by atoms with Crippen LogP contribution in [-0.4, -0.2) is 20.1 Å². The Balaban J connectivity index is 1.97. The number of rotatable bonds is 1. The highest BCUT2D eigenvalue weighted by molar-refractivity contribution is 9.09. The van der Waals surface area contributed by atoms with E-state index in [1.807, 2.05) is 4.57 Å². The van der Waals surface area contributed by atoms with E-state index >= 15 is 0 Å². The Morgan fingerprint density at radius 1 is 1.37 bits per heavy atom. The predicted molar refractivity (Wildman–Crippen MR) is 84.0 cm³/mol. The van der Waals surface area contributed by atoms with Gasteiger partial charge in [-0.1, -0.05) is 27.7 Å². The smallest absolute Gasteiger partial charge is 0.263 e. The fourth-order valence-corrected chi connectivity index (χ4v) is 5.87. The molecule has 0 spiro atoms. The van der Waals surface area contributed by atoms with Gasteiger partial charge in [0.1, 0.15) is 4.83 Å². The molecule has 1 aliphatic carbocycles. The molecular weight excluding hydrogens is 344 g/mol. The minimum absolute atomic E-state index is 0.190. The molecule has 3 nitrogen and oxygen atoms in total. The second-order valence-corrected chi connectivity index (χ2v) is 8.09. The monoisotopic (exact) mass is 356 g/mol. The van der Waals surface area contributed by atoms with Gasteiger partial charge in [0.05, 0.1) is 5.39 Å². The first kappa shape index (κ1) is 12.4. The summed E-state index contributed by atoms with van der Waals surface area (Å²) in [5.74, 6) is 0. The Morgan fingerprint density at radius 3 is 3.05 bits per heavy atom. The number of thioether (sulfide) groups is 1. The minimum Gasteiger partial charge on any atom is -0.286 e. The molecule has 1 atom stereocenters. The van der Waals surface area contributed by atoms with E-state index in [-0.39, 0.29) is 5.56 Å². The first-order chi connectivity index (χ1) is 9.28. The SMILES string of the molecule is O=c1c2c3c(sc2nc2n1CC(CBr)S2)CCCC3. The minimum atomic E-state index is 0.190. The van der Waals surface area contributed by atoms with Crippen LogP contribution in [0.15, 0.2) is 9.95 Å². The van der Waals surface area contributed by atoms with E-state index < -0.39 is 0 Å². The van der Waals surface area contributed by atoms with Crippen molar-refractivity contribution in [2.24, 2.45) is 0 Å². The van der Waals surface area contributed by atoms with Crippen LogP contribution in [0.3, 0.4) is 0 Å². The number of thiophene rings is 1. The summed E-state index contributed by atoms with van der Waals surface area (Å²) in [5.41, 5.74) is 1.49. The number of alkyl halides is 1. The van der Waals surface area contributed by atoms with Crippen LogP contribution in [-0.2, 0) is 19.4 Å². The summed E-state index contributed by atoms with van der Waals surface area (Å²) in [7, 11) is 0. The lowest BCUT2D eigenvalue weighted by Crippen LogP contribution is -2.22. The number of hydrogen-bond donors (Lipinski definition) is 0. The molecule has 19 heavy (non-hydrogen) atoms. The molecule has 0 saturated heterocycles. The molecule has 0 N–H and O–H groups in total. The van der Waals surface area contributed by atoms with Gasteiger partial charge in [0.2, 0.25) is 0 Å². The summed E-state index contributed by atoms with van der Waals surface area (Å²) < 4.78 is 1.88. The van der Waals surface area contributed by atoms with E-state index in [0.29, 0.717) is 5.25 Å². The molecule has 100 valence electrons. The van der Waals surface area contributed by atoms with Gasteiger partial charge >= 0.3 is 0 Å². The zero-order chi connectivity index (χ0) is 13.0. The summed E-state index contributed by atoms with van der Waals surface area (Å²) in [4.78, 5) is 19.8. The summed E-state index contributed by atoms with van der Waals surface area (Å²) in [6, 6.07) is 0. The lowest BCUT2D eigenvalue weighted by atomic mass is 9.97. The van der Waals surface area contributed by atoms with Crippen molar-refractivity contribution >= 4 is 49.2 Å². The molecule has 0 amide bonds. The molecule has 0 bridgehead atoms. The molecule has 0 radical (unpaired) electrons. The highest BCUT2D eigenvalue weighted by Crippen LogP contribution is 2.37. The third-order valence-electron chi connectivity index (χ3n) is 3.87. The van der Waals surface area contributed by atoms with E-state index in [4.69, 9.17) is 4.98 Å². The van der Waals surface area contributed by atoms with Crippen molar-refractivity contribution in [2.45, 2.75) is 42.6 Å². The van der Waals surface area contributed by atoms with Crippen molar-refractivity contribution in [1.82, 2.24) is 9.55 Å². The Bertz CT molecular complexity index is 721. The second kappa shape index (κ2) is 4.60. The maximum atomic E-state index is 12.7. The number of fused-ring (bicyclic) bond motifs is 4. The van der Waals surface area contributed by atoms with Gasteiger partial charge in [-0.15, -0.1) is 11.3 Å². The summed E-state index contributed by atoms with van der Waals surface area (Å²) in [6.45, 7) is 0.789. The lowest BCUT2D eigenvalue weighted by Gasteiger charge is -2.10. The van der Waals surface area contributed by atoms with E-state index in [1.165, 1.54) is 23.3 Å². The standard InChI is InChI=1S/C13H13BrN2OS2/c14-5-7-6-16-12(17)10-8-3-1-2-4-9(8)19-11(10)15-13(16)18-7/h7H,1-6H2. The van der Waals surface area contributed by atoms with Gasteiger partial charge in [0, 0.05) is 22.0 Å². The van der Waals surface area contributed by atoms with Crippen LogP contribution >= 0.6 is 39.0 Å². The maximum Gasteiger partial charge on any atom is 0.263 e. The average Bonchev–Trinajstić information content (AvgIpc) is 2.99. The molecule has 0 saturated carbocycles. The van der Waals surface area contributed by atoms with E-state index in [0.717, 1.165) is 40.1 Å². The van der Waals surface area contributed by atoms with Crippen LogP contribution < -0.4 is 5.56 Å². The van der Waals surface area contributed by atoms with Crippen LogP contribution in [0, 0.1) is 0 Å². The molecule has 1 aliphatic heterocycles. The lowest BCUT2D eigenvalue weighted by molar-refractivity contribution is 0.631. The molecule has 4 rings (SSSR count). The van der Waals surface area contributed by atoms with Crippen LogP contribution in [0.4, 0.5) is 0 Å². The molecule has 2 aromatic rings. The first-order valence-corrected chi connectivity index (χ1v) is 9.37. The third kappa shape index (κ3) is 1.83. The van der Waals surface area contributed by atoms with E-state index in [9.17, 15) is 4.79 Å². The molecule has 2 aromatic heterocycles. The van der Waals surface area contributed by atoms with Crippen LogP contribution in [0.25, 0.3) is 10.2 Å². The summed E-state index contributed by atoms with van der Waals surface area (Å²) in [6.07, 6.45) is 4.64. The van der Waals surface area contributed by atoms with Crippen molar-refractivity contribution < 1.29 is 0 Å². The van der Waals surface area contributed by atoms with Gasteiger partial charge < -0.3 is 0 Å². The van der Waals surface area contributed by atoms with Crippen molar-refractivity contribution in [2.75, 3.05) is 5.33 Å². The Morgan fingerprint density at radius 2 is 2.21 bits per heavy atom. The van der Waals surface area contributed by atoms with E-state index in [1.54, 1.807) is 23.1 Å². The topological polar surface area (TPSA) is 34.9 Å². The zero-order valence-electron chi connectivity index (χ0n) is 10.3. The fourth-order valence-electron chi connectivity index (χ4n) is 2.94. The molecule has 1 unspecified atom stereocenters. The Labute approximate surface area is 127 Å². The van der Waals surface area contributed by atoms with E-state index in [2.05, 4.69) is 15.9 Å². The number of hydrogen-bond acceptors (Lipinski definition) is 4. The third-order valence-corrected chi connectivity index (χ3v) is 7.44. The van der Waals surface area contributed by atoms with Gasteiger partial charge in [-0.05, 0) is 31.2 Å². The zero-order valence-corrected chi connectivity index (χ0v) is 13.5. The van der Waals surface area contributed by atoms with Crippen LogP contribution in [0.1, 0.15) is 23.3 Å². The summed E-state index contributed by atoms with van der Waals surface area (Å²) in [5, 5.41) is 3.17. The molecule has 0 aromatic carbocycles. The average molecular weight is 357 g/mol. The fraction of sp³-hybridized carbons (Fsp3) is 0.538. The molecule has 2 aliphatic rings.